The maximum atomic E-state index is 10.5. The Morgan fingerprint density at radius 3 is 2.05 bits per heavy atom. The molecule has 0 aromatic heterocycles. The molecule has 1 unspecified atom stereocenters. The zero-order valence-electron chi connectivity index (χ0n) is 12.2. The Labute approximate surface area is 137 Å². The van der Waals surface area contributed by atoms with Crippen LogP contribution in [0.4, 0.5) is 0 Å². The second kappa shape index (κ2) is 10.3. The molecule has 2 aromatic carbocycles. The van der Waals surface area contributed by atoms with Crippen molar-refractivity contribution < 1.29 is 42.3 Å². The Morgan fingerprint density at radius 2 is 1.57 bits per heavy atom. The van der Waals surface area contributed by atoms with Gasteiger partial charge in [-0.2, -0.15) is 0 Å². The maximum Gasteiger partial charge on any atom is 0.194 e. The first kappa shape index (κ1) is 17.7. The Morgan fingerprint density at radius 1 is 1.05 bits per heavy atom. The van der Waals surface area contributed by atoms with Gasteiger partial charge in [0.2, 0.25) is 0 Å². The van der Waals surface area contributed by atoms with E-state index in [1.165, 1.54) is 10.00 Å². The SMILES string of the molecule is CC(=O)[O][Hg][c]1ccccc1.CC(O)Oc1ccccc1. The minimum atomic E-state index is -1.52. The third kappa shape index (κ3) is 9.21. The zero-order chi connectivity index (χ0) is 15.5. The van der Waals surface area contributed by atoms with Crippen molar-refractivity contribution in [3.05, 3.63) is 60.7 Å². The molecule has 0 fully saturated rings. The number of aliphatic hydroxyl groups excluding tert-OH is 1. The molecule has 21 heavy (non-hydrogen) atoms. The van der Waals surface area contributed by atoms with Crippen LogP contribution in [0.2, 0.25) is 0 Å². The second-order valence-corrected chi connectivity index (χ2v) is 9.71. The molecule has 0 bridgehead atoms. The van der Waals surface area contributed by atoms with Gasteiger partial charge in [-0.15, -0.1) is 0 Å². The molecule has 0 saturated heterocycles. The molecule has 0 heterocycles. The van der Waals surface area contributed by atoms with E-state index in [1.807, 2.05) is 48.5 Å². The van der Waals surface area contributed by atoms with Crippen LogP contribution in [0, 0.1) is 0 Å². The van der Waals surface area contributed by atoms with E-state index in [4.69, 9.17) is 12.5 Å². The zero-order valence-corrected chi connectivity index (χ0v) is 17.7. The molecule has 0 aliphatic carbocycles. The minimum absolute atomic E-state index is 0.143. The van der Waals surface area contributed by atoms with E-state index < -0.39 is 31.3 Å². The summed E-state index contributed by atoms with van der Waals surface area (Å²) in [5, 5.41) is 8.78. The van der Waals surface area contributed by atoms with Crippen molar-refractivity contribution in [1.29, 1.82) is 0 Å². The van der Waals surface area contributed by atoms with Crippen molar-refractivity contribution >= 4 is 9.04 Å². The number of hydrogen-bond acceptors (Lipinski definition) is 4. The summed E-state index contributed by atoms with van der Waals surface area (Å²) in [6.07, 6.45) is -0.734. The molecule has 5 heteroatoms. The molecule has 108 valence electrons. The average Bonchev–Trinajstić information content (AvgIpc) is 2.47. The van der Waals surface area contributed by atoms with Crippen molar-refractivity contribution in [2.75, 3.05) is 0 Å². The number of carbonyl (C=O) groups excluding carboxylic acids is 1. The van der Waals surface area contributed by atoms with Gasteiger partial charge in [0.05, 0.1) is 0 Å². The molecule has 0 aliphatic rings. The number of para-hydroxylation sites is 1. The minimum Gasteiger partial charge on any atom is -0.465 e. The monoisotopic (exact) mass is 476 g/mol. The van der Waals surface area contributed by atoms with E-state index in [2.05, 4.69) is 0 Å². The summed E-state index contributed by atoms with van der Waals surface area (Å²) in [6.45, 7) is 3.04. The summed E-state index contributed by atoms with van der Waals surface area (Å²) < 4.78 is 11.2. The van der Waals surface area contributed by atoms with Gasteiger partial charge >= 0.3 is 78.8 Å². The average molecular weight is 475 g/mol. The van der Waals surface area contributed by atoms with E-state index >= 15 is 0 Å². The number of aliphatic hydroxyl groups is 1. The first-order valence-corrected chi connectivity index (χ1v) is 11.6. The van der Waals surface area contributed by atoms with E-state index in [9.17, 15) is 4.79 Å². The van der Waals surface area contributed by atoms with Gasteiger partial charge in [-0.05, 0) is 19.1 Å². The normalized spacial score (nSPS) is 10.4. The van der Waals surface area contributed by atoms with Gasteiger partial charge in [-0.1, -0.05) is 18.2 Å². The molecule has 0 amide bonds. The Hall–Kier alpha value is -1.39. The predicted octanol–water partition coefficient (Wildman–Crippen LogP) is 2.28. The number of carbonyl (C=O) groups is 1. The molecule has 0 radical (unpaired) electrons. The van der Waals surface area contributed by atoms with Crippen molar-refractivity contribution in [3.8, 4) is 5.75 Å². The molecule has 2 rings (SSSR count). The first-order chi connectivity index (χ1) is 10.1. The van der Waals surface area contributed by atoms with Gasteiger partial charge in [-0.25, -0.2) is 0 Å². The van der Waals surface area contributed by atoms with Crippen LogP contribution in [0.25, 0.3) is 0 Å². The summed E-state index contributed by atoms with van der Waals surface area (Å²) in [5.41, 5.74) is 0. The van der Waals surface area contributed by atoms with E-state index in [0.29, 0.717) is 5.75 Å². The van der Waals surface area contributed by atoms with Gasteiger partial charge in [-0.3, -0.25) is 0 Å². The molecule has 2 aromatic rings. The van der Waals surface area contributed by atoms with Crippen molar-refractivity contribution in [2.24, 2.45) is 0 Å². The van der Waals surface area contributed by atoms with Crippen LogP contribution in [-0.2, 0) is 32.5 Å². The van der Waals surface area contributed by atoms with E-state index in [0.717, 1.165) is 0 Å². The molecular weight excluding hydrogens is 457 g/mol. The van der Waals surface area contributed by atoms with Gasteiger partial charge in [0.25, 0.3) is 0 Å². The topological polar surface area (TPSA) is 55.8 Å². The van der Waals surface area contributed by atoms with Crippen LogP contribution in [-0.4, -0.2) is 17.4 Å². The molecule has 1 atom stereocenters. The summed E-state index contributed by atoms with van der Waals surface area (Å²) in [5.74, 6) is 0.549. The quantitative estimate of drug-likeness (QED) is 0.545. The summed E-state index contributed by atoms with van der Waals surface area (Å²) in [7, 11) is 0. The van der Waals surface area contributed by atoms with Crippen LogP contribution in [0.1, 0.15) is 13.8 Å². The third-order valence-electron chi connectivity index (χ3n) is 2.33. The predicted molar refractivity (Wildman–Crippen MR) is 76.6 cm³/mol. The van der Waals surface area contributed by atoms with E-state index in [-0.39, 0.29) is 5.97 Å². The second-order valence-electron chi connectivity index (χ2n) is 4.30. The number of hydrogen-bond donors (Lipinski definition) is 1. The molecule has 0 spiro atoms. The Balaban J connectivity index is 0.000000211. The fourth-order valence-corrected chi connectivity index (χ4v) is 4.70. The maximum absolute atomic E-state index is 10.5. The largest absolute Gasteiger partial charge is 0.465 e. The number of ether oxygens (including phenoxy) is 1. The molecule has 0 aliphatic heterocycles. The first-order valence-electron chi connectivity index (χ1n) is 6.65. The molecule has 4 nitrogen and oxygen atoms in total. The Kier molecular flexibility index (Phi) is 8.70. The van der Waals surface area contributed by atoms with Crippen LogP contribution in [0.3, 0.4) is 0 Å². The van der Waals surface area contributed by atoms with Gasteiger partial charge in [0, 0.05) is 0 Å². The molecule has 1 N–H and O–H groups in total. The van der Waals surface area contributed by atoms with Gasteiger partial charge in [0.1, 0.15) is 5.75 Å². The summed E-state index contributed by atoms with van der Waals surface area (Å²) in [4.78, 5) is 10.5. The molecule has 0 saturated carbocycles. The standard InChI is InChI=1S/C8H10O2.C6H5.C2H4O2.Hg/c1-7(9)10-8-5-3-2-4-6-8;1-2-4-6-5-3-1;1-2(3)4;/h2-7,9H,1H3;1-5H;1H3,(H,3,4);/q;;;+1/p-1. The van der Waals surface area contributed by atoms with Gasteiger partial charge < -0.3 is 9.84 Å². The van der Waals surface area contributed by atoms with Crippen molar-refractivity contribution in [3.63, 3.8) is 0 Å². The van der Waals surface area contributed by atoms with Crippen LogP contribution in [0.5, 0.6) is 5.75 Å². The molecular formula is C16H18HgO4. The third-order valence-corrected chi connectivity index (χ3v) is 7.60. The van der Waals surface area contributed by atoms with E-state index in [1.54, 1.807) is 19.1 Å². The van der Waals surface area contributed by atoms with Gasteiger partial charge in [0.15, 0.2) is 6.29 Å². The summed E-state index contributed by atoms with van der Waals surface area (Å²) in [6, 6.07) is 19.2. The number of rotatable bonds is 4. The smallest absolute Gasteiger partial charge is 0.194 e. The fourth-order valence-electron chi connectivity index (χ4n) is 1.46. The van der Waals surface area contributed by atoms with Crippen molar-refractivity contribution in [2.45, 2.75) is 20.1 Å². The summed E-state index contributed by atoms with van der Waals surface area (Å²) >= 11 is -1.52. The Bertz CT molecular complexity index is 514. The number of benzene rings is 2. The van der Waals surface area contributed by atoms with Crippen LogP contribution >= 0.6 is 0 Å². The van der Waals surface area contributed by atoms with Crippen molar-refractivity contribution in [1.82, 2.24) is 0 Å². The van der Waals surface area contributed by atoms with Crippen LogP contribution < -0.4 is 7.81 Å². The fraction of sp³-hybridized carbons (Fsp3) is 0.188. The van der Waals surface area contributed by atoms with Crippen LogP contribution in [0.15, 0.2) is 60.7 Å².